The first kappa shape index (κ1) is 26.1. The van der Waals surface area contributed by atoms with Crippen molar-refractivity contribution >= 4 is 40.3 Å². The topological polar surface area (TPSA) is 38.8 Å². The standard InChI is InChI=1S/C24H26F2N4OS2/c1-15(16(2)27-28(5)23(32)19-9-7-11-21(25)13-19)17(3)30(18(4)31)29(6)24(33)20-10-8-12-22(26)14-20/h7-15,27H,2-3H2,1,4-6H3. The number of nitrogens with one attached hydrogen (secondary N) is 1. The van der Waals surface area contributed by atoms with Crippen LogP contribution in [0.4, 0.5) is 8.78 Å². The number of halogens is 2. The second-order valence-corrected chi connectivity index (χ2v) is 8.17. The minimum atomic E-state index is -0.431. The molecule has 0 saturated heterocycles. The van der Waals surface area contributed by atoms with Gasteiger partial charge in [-0.05, 0) is 24.3 Å². The summed E-state index contributed by atoms with van der Waals surface area (Å²) < 4.78 is 27.2. The summed E-state index contributed by atoms with van der Waals surface area (Å²) in [5, 5.41) is 4.30. The van der Waals surface area contributed by atoms with Crippen molar-refractivity contribution in [1.29, 1.82) is 0 Å². The fraction of sp³-hybridized carbons (Fsp3) is 0.208. The number of carbonyl (C=O) groups excluding carboxylic acids is 1. The van der Waals surface area contributed by atoms with Gasteiger partial charge in [-0.25, -0.2) is 13.8 Å². The lowest BCUT2D eigenvalue weighted by Crippen LogP contribution is -2.48. The molecule has 0 heterocycles. The number of hydrazine groups is 2. The van der Waals surface area contributed by atoms with Crippen LogP contribution in [-0.2, 0) is 4.79 Å². The molecular weight excluding hydrogens is 462 g/mol. The average Bonchev–Trinajstić information content (AvgIpc) is 2.77. The van der Waals surface area contributed by atoms with Crippen molar-refractivity contribution in [2.45, 2.75) is 13.8 Å². The lowest BCUT2D eigenvalue weighted by molar-refractivity contribution is -0.135. The van der Waals surface area contributed by atoms with Crippen molar-refractivity contribution in [3.8, 4) is 0 Å². The molecule has 0 aliphatic heterocycles. The van der Waals surface area contributed by atoms with Gasteiger partial charge in [-0.1, -0.05) is 68.8 Å². The highest BCUT2D eigenvalue weighted by molar-refractivity contribution is 7.80. The molecule has 0 bridgehead atoms. The van der Waals surface area contributed by atoms with Crippen LogP contribution in [0.15, 0.2) is 73.1 Å². The van der Waals surface area contributed by atoms with Crippen molar-refractivity contribution in [1.82, 2.24) is 20.5 Å². The fourth-order valence-corrected chi connectivity index (χ4v) is 3.45. The molecule has 0 aliphatic rings. The van der Waals surface area contributed by atoms with E-state index in [-0.39, 0.29) is 10.9 Å². The largest absolute Gasteiger partial charge is 0.302 e. The van der Waals surface area contributed by atoms with Crippen molar-refractivity contribution in [2.24, 2.45) is 5.92 Å². The molecule has 1 atom stereocenters. The minimum Gasteiger partial charge on any atom is -0.302 e. The van der Waals surface area contributed by atoms with E-state index in [2.05, 4.69) is 18.6 Å². The maximum absolute atomic E-state index is 13.6. The number of hydrogen-bond donors (Lipinski definition) is 1. The average molecular weight is 489 g/mol. The van der Waals surface area contributed by atoms with Gasteiger partial charge in [-0.2, -0.15) is 0 Å². The first-order chi connectivity index (χ1) is 15.4. The molecule has 1 unspecified atom stereocenters. The van der Waals surface area contributed by atoms with Gasteiger partial charge in [0.15, 0.2) is 0 Å². The van der Waals surface area contributed by atoms with Crippen LogP contribution in [0.5, 0.6) is 0 Å². The predicted octanol–water partition coefficient (Wildman–Crippen LogP) is 4.81. The quantitative estimate of drug-likeness (QED) is 0.446. The molecule has 9 heteroatoms. The van der Waals surface area contributed by atoms with Gasteiger partial charge in [-0.3, -0.25) is 14.8 Å². The number of carbonyl (C=O) groups is 1. The molecule has 1 amide bonds. The first-order valence-electron chi connectivity index (χ1n) is 9.96. The van der Waals surface area contributed by atoms with E-state index in [0.717, 1.165) is 0 Å². The second-order valence-electron chi connectivity index (χ2n) is 7.39. The monoisotopic (exact) mass is 488 g/mol. The summed E-state index contributed by atoms with van der Waals surface area (Å²) in [5.74, 6) is -1.58. The van der Waals surface area contributed by atoms with Gasteiger partial charge in [0.25, 0.3) is 0 Å². The van der Waals surface area contributed by atoms with Crippen molar-refractivity contribution in [2.75, 3.05) is 14.1 Å². The summed E-state index contributed by atoms with van der Waals surface area (Å²) in [4.78, 5) is 13.1. The molecule has 0 spiro atoms. The Bertz CT molecular complexity index is 1110. The van der Waals surface area contributed by atoms with E-state index in [1.807, 2.05) is 6.92 Å². The van der Waals surface area contributed by atoms with E-state index in [0.29, 0.717) is 27.5 Å². The van der Waals surface area contributed by atoms with Gasteiger partial charge in [0.05, 0.1) is 0 Å². The Balaban J connectivity index is 2.15. The minimum absolute atomic E-state index is 0.251. The normalized spacial score (nSPS) is 11.2. The number of benzene rings is 2. The number of thiocarbonyl (C=S) groups is 2. The van der Waals surface area contributed by atoms with Gasteiger partial charge in [0.2, 0.25) is 5.91 Å². The fourth-order valence-electron chi connectivity index (χ4n) is 3.07. The maximum atomic E-state index is 13.6. The highest BCUT2D eigenvalue weighted by Gasteiger charge is 2.26. The van der Waals surface area contributed by atoms with Crippen LogP contribution in [0.2, 0.25) is 0 Å². The van der Waals surface area contributed by atoms with E-state index < -0.39 is 17.6 Å². The number of amides is 1. The van der Waals surface area contributed by atoms with Gasteiger partial charge in [0.1, 0.15) is 21.6 Å². The Hall–Kier alpha value is -3.17. The second kappa shape index (κ2) is 11.1. The highest BCUT2D eigenvalue weighted by atomic mass is 32.1. The van der Waals surface area contributed by atoms with Crippen molar-refractivity contribution in [3.05, 3.63) is 95.8 Å². The van der Waals surface area contributed by atoms with Crippen LogP contribution in [0.3, 0.4) is 0 Å². The van der Waals surface area contributed by atoms with Gasteiger partial charge >= 0.3 is 0 Å². The van der Waals surface area contributed by atoms with Crippen LogP contribution >= 0.6 is 24.4 Å². The summed E-state index contributed by atoms with van der Waals surface area (Å²) in [5.41, 5.74) is 4.93. The number of nitrogens with zero attached hydrogens (tertiary/aromatic N) is 3. The SMILES string of the molecule is C=C(NN(C)C(=S)c1cccc(F)c1)C(C)C(=C)N(C(C)=O)N(C)C(=S)c1cccc(F)c1. The van der Waals surface area contributed by atoms with Gasteiger partial charge in [0, 0.05) is 49.5 Å². The zero-order valence-electron chi connectivity index (χ0n) is 18.9. The summed E-state index contributed by atoms with van der Waals surface area (Å²) in [6, 6.07) is 11.8. The van der Waals surface area contributed by atoms with Crippen LogP contribution in [0, 0.1) is 17.6 Å². The van der Waals surface area contributed by atoms with Crippen molar-refractivity contribution < 1.29 is 13.6 Å². The third-order valence-electron chi connectivity index (χ3n) is 4.95. The summed E-state index contributed by atoms with van der Waals surface area (Å²) >= 11 is 10.9. The zero-order chi connectivity index (χ0) is 24.9. The molecule has 0 saturated carbocycles. The third-order valence-corrected chi connectivity index (χ3v) is 5.96. The maximum Gasteiger partial charge on any atom is 0.242 e. The molecule has 2 rings (SSSR count). The summed E-state index contributed by atoms with van der Waals surface area (Å²) in [6.07, 6.45) is 0. The van der Waals surface area contributed by atoms with Gasteiger partial charge in [-0.15, -0.1) is 0 Å². The van der Waals surface area contributed by atoms with E-state index in [1.54, 1.807) is 38.4 Å². The van der Waals surface area contributed by atoms with Gasteiger partial charge < -0.3 is 5.43 Å². The highest BCUT2D eigenvalue weighted by Crippen LogP contribution is 2.23. The van der Waals surface area contributed by atoms with Crippen LogP contribution in [0.25, 0.3) is 0 Å². The Morgan fingerprint density at radius 1 is 0.970 bits per heavy atom. The number of rotatable bonds is 7. The molecule has 5 nitrogen and oxygen atoms in total. The first-order valence-corrected chi connectivity index (χ1v) is 10.8. The molecule has 33 heavy (non-hydrogen) atoms. The van der Waals surface area contributed by atoms with Crippen molar-refractivity contribution in [3.63, 3.8) is 0 Å². The molecule has 0 aromatic heterocycles. The summed E-state index contributed by atoms with van der Waals surface area (Å²) in [6.45, 7) is 11.3. The van der Waals surface area contributed by atoms with E-state index >= 15 is 0 Å². The lowest BCUT2D eigenvalue weighted by atomic mass is 10.1. The van der Waals surface area contributed by atoms with E-state index in [1.165, 1.54) is 46.2 Å². The smallest absolute Gasteiger partial charge is 0.242 e. The van der Waals surface area contributed by atoms with Crippen LogP contribution in [0.1, 0.15) is 25.0 Å². The van der Waals surface area contributed by atoms with Crippen LogP contribution in [-0.4, -0.2) is 45.0 Å². The van der Waals surface area contributed by atoms with E-state index in [9.17, 15) is 13.6 Å². The zero-order valence-corrected chi connectivity index (χ0v) is 20.6. The van der Waals surface area contributed by atoms with Crippen LogP contribution < -0.4 is 5.43 Å². The Kier molecular flexibility index (Phi) is 8.78. The molecule has 174 valence electrons. The Labute approximate surface area is 203 Å². The number of hydrogen-bond acceptors (Lipinski definition) is 4. The van der Waals surface area contributed by atoms with E-state index in [4.69, 9.17) is 24.4 Å². The molecule has 2 aromatic carbocycles. The molecule has 0 fully saturated rings. The molecule has 0 aliphatic carbocycles. The third kappa shape index (κ3) is 6.43. The Morgan fingerprint density at radius 3 is 1.91 bits per heavy atom. The predicted molar refractivity (Wildman–Crippen MR) is 135 cm³/mol. The molecule has 1 N–H and O–H groups in total. The molecular formula is C24H26F2N4OS2. The molecule has 0 radical (unpaired) electrons. The molecule has 2 aromatic rings. The summed E-state index contributed by atoms with van der Waals surface area (Å²) in [7, 11) is 3.29. The lowest BCUT2D eigenvalue weighted by Gasteiger charge is -2.37. The Morgan fingerprint density at radius 2 is 1.45 bits per heavy atom.